The van der Waals surface area contributed by atoms with Crippen molar-refractivity contribution in [2.24, 2.45) is 0 Å². The lowest BCUT2D eigenvalue weighted by Gasteiger charge is -2.23. The summed E-state index contributed by atoms with van der Waals surface area (Å²) in [6, 6.07) is 0. The van der Waals surface area contributed by atoms with Crippen LogP contribution in [0.5, 0.6) is 0 Å². The monoisotopic (exact) mass is 225 g/mol. The molecule has 74 valence electrons. The largest absolute Gasteiger partial charge is 0.347 e. The number of rotatable bonds is 1. The molecular formula is C5H7NO5S2. The van der Waals surface area contributed by atoms with Crippen molar-refractivity contribution in [3.8, 4) is 12.3 Å². The first-order valence-electron chi connectivity index (χ1n) is 3.14. The van der Waals surface area contributed by atoms with Gasteiger partial charge in [-0.25, -0.2) is 16.8 Å². The molecule has 1 fully saturated rings. The van der Waals surface area contributed by atoms with E-state index in [1.165, 1.54) is 0 Å². The van der Waals surface area contributed by atoms with Gasteiger partial charge in [-0.1, -0.05) is 9.63 Å². The van der Waals surface area contributed by atoms with E-state index in [4.69, 9.17) is 6.42 Å². The van der Waals surface area contributed by atoms with E-state index < -0.39 is 38.5 Å². The van der Waals surface area contributed by atoms with Gasteiger partial charge >= 0.3 is 0 Å². The second-order valence-electron chi connectivity index (χ2n) is 2.30. The van der Waals surface area contributed by atoms with Crippen LogP contribution in [0.15, 0.2) is 0 Å². The minimum Gasteiger partial charge on any atom is -0.347 e. The standard InChI is InChI=1S/C5H7NO5S2/c1-2-3-6-12(7,8)4-11-5-13(6,9)10/h1H,3-5H2. The van der Waals surface area contributed by atoms with E-state index in [0.717, 1.165) is 0 Å². The Bertz CT molecular complexity index is 394. The summed E-state index contributed by atoms with van der Waals surface area (Å²) < 4.78 is 49.1. The van der Waals surface area contributed by atoms with Gasteiger partial charge in [0.1, 0.15) is 0 Å². The first kappa shape index (κ1) is 10.5. The SMILES string of the molecule is C#CCN1S(=O)(=O)COCS1(=O)=O. The molecule has 8 heteroatoms. The molecule has 1 saturated heterocycles. The predicted octanol–water partition coefficient (Wildman–Crippen LogP) is -1.47. The third-order valence-corrected chi connectivity index (χ3v) is 5.10. The van der Waals surface area contributed by atoms with Crippen molar-refractivity contribution in [1.82, 2.24) is 3.71 Å². The van der Waals surface area contributed by atoms with Gasteiger partial charge in [0.2, 0.25) is 0 Å². The van der Waals surface area contributed by atoms with Gasteiger partial charge in [-0.2, -0.15) is 0 Å². The summed E-state index contributed by atoms with van der Waals surface area (Å²) in [6.45, 7) is -0.478. The van der Waals surface area contributed by atoms with Crippen LogP contribution in [-0.4, -0.2) is 39.0 Å². The molecule has 1 heterocycles. The Labute approximate surface area is 76.6 Å². The zero-order valence-electron chi connectivity index (χ0n) is 6.50. The summed E-state index contributed by atoms with van der Waals surface area (Å²) in [6.07, 6.45) is 4.84. The zero-order chi connectivity index (χ0) is 10.1. The summed E-state index contributed by atoms with van der Waals surface area (Å²) in [5, 5.41) is 0. The Balaban J connectivity index is 3.15. The van der Waals surface area contributed by atoms with Crippen molar-refractivity contribution >= 4 is 20.0 Å². The highest BCUT2D eigenvalue weighted by atomic mass is 32.3. The molecule has 0 unspecified atom stereocenters. The van der Waals surface area contributed by atoms with Crippen LogP contribution in [0.1, 0.15) is 0 Å². The van der Waals surface area contributed by atoms with Gasteiger partial charge < -0.3 is 4.74 Å². The minimum absolute atomic E-state index is 0.281. The van der Waals surface area contributed by atoms with Crippen molar-refractivity contribution in [1.29, 1.82) is 0 Å². The van der Waals surface area contributed by atoms with E-state index in [9.17, 15) is 16.8 Å². The molecule has 0 bridgehead atoms. The van der Waals surface area contributed by atoms with Crippen LogP contribution in [0, 0.1) is 12.3 Å². The second-order valence-corrected chi connectivity index (χ2v) is 6.21. The molecule has 0 aromatic heterocycles. The summed E-state index contributed by atoms with van der Waals surface area (Å²) in [7, 11) is -7.83. The fraction of sp³-hybridized carbons (Fsp3) is 0.600. The van der Waals surface area contributed by atoms with Crippen molar-refractivity contribution < 1.29 is 21.6 Å². The smallest absolute Gasteiger partial charge is 0.252 e. The molecule has 13 heavy (non-hydrogen) atoms. The Morgan fingerprint density at radius 3 is 2.08 bits per heavy atom. The fourth-order valence-electron chi connectivity index (χ4n) is 0.806. The second kappa shape index (κ2) is 3.26. The molecule has 0 aliphatic carbocycles. The van der Waals surface area contributed by atoms with Gasteiger partial charge in [0.15, 0.2) is 11.9 Å². The number of nitrogens with zero attached hydrogens (tertiary/aromatic N) is 1. The first-order chi connectivity index (χ1) is 5.90. The summed E-state index contributed by atoms with van der Waals surface area (Å²) in [4.78, 5) is 0. The molecular weight excluding hydrogens is 218 g/mol. The van der Waals surface area contributed by atoms with Gasteiger partial charge in [0, 0.05) is 0 Å². The zero-order valence-corrected chi connectivity index (χ0v) is 8.14. The highest BCUT2D eigenvalue weighted by molar-refractivity contribution is 8.04. The molecule has 0 amide bonds. The Hall–Kier alpha value is -0.620. The number of hydrogen-bond acceptors (Lipinski definition) is 5. The number of hydrogen-bond donors (Lipinski definition) is 0. The average molecular weight is 225 g/mol. The third-order valence-electron chi connectivity index (χ3n) is 1.31. The maximum absolute atomic E-state index is 11.1. The molecule has 1 rings (SSSR count). The molecule has 0 saturated carbocycles. The van der Waals surface area contributed by atoms with Crippen molar-refractivity contribution in [2.45, 2.75) is 0 Å². The van der Waals surface area contributed by atoms with E-state index in [1.54, 1.807) is 0 Å². The van der Waals surface area contributed by atoms with E-state index >= 15 is 0 Å². The van der Waals surface area contributed by atoms with Crippen molar-refractivity contribution in [3.63, 3.8) is 0 Å². The highest BCUT2D eigenvalue weighted by Crippen LogP contribution is 2.15. The molecule has 0 N–H and O–H groups in total. The normalized spacial score (nSPS) is 26.4. The molecule has 0 radical (unpaired) electrons. The number of terminal acetylenes is 1. The van der Waals surface area contributed by atoms with Crippen molar-refractivity contribution in [2.75, 3.05) is 18.4 Å². The van der Waals surface area contributed by atoms with Crippen LogP contribution in [0.4, 0.5) is 0 Å². The van der Waals surface area contributed by atoms with Crippen LogP contribution in [0.3, 0.4) is 0 Å². The van der Waals surface area contributed by atoms with Gasteiger partial charge in [-0.3, -0.25) is 0 Å². The predicted molar refractivity (Wildman–Crippen MR) is 44.2 cm³/mol. The van der Waals surface area contributed by atoms with Gasteiger partial charge in [0.25, 0.3) is 20.0 Å². The fourth-order valence-corrected chi connectivity index (χ4v) is 3.92. The van der Waals surface area contributed by atoms with Gasteiger partial charge in [-0.05, 0) is 0 Å². The van der Waals surface area contributed by atoms with Crippen molar-refractivity contribution in [3.05, 3.63) is 0 Å². The molecule has 0 spiro atoms. The molecule has 1 aliphatic heterocycles. The van der Waals surface area contributed by atoms with E-state index in [0.29, 0.717) is 0 Å². The number of sulfonamides is 2. The topological polar surface area (TPSA) is 80.8 Å². The molecule has 0 aromatic carbocycles. The van der Waals surface area contributed by atoms with E-state index in [-0.39, 0.29) is 3.71 Å². The lowest BCUT2D eigenvalue weighted by Crippen LogP contribution is -2.45. The molecule has 6 nitrogen and oxygen atoms in total. The Morgan fingerprint density at radius 1 is 1.23 bits per heavy atom. The maximum atomic E-state index is 11.1. The Morgan fingerprint density at radius 2 is 1.69 bits per heavy atom. The summed E-state index contributed by atoms with van der Waals surface area (Å²) in [5.41, 5.74) is 0. The van der Waals surface area contributed by atoms with Crippen LogP contribution in [0.25, 0.3) is 0 Å². The van der Waals surface area contributed by atoms with Gasteiger partial charge in [-0.15, -0.1) is 6.42 Å². The lowest BCUT2D eigenvalue weighted by atomic mass is 10.7. The van der Waals surface area contributed by atoms with Crippen LogP contribution < -0.4 is 0 Å². The Kier molecular flexibility index (Phi) is 2.63. The molecule has 1 aliphatic rings. The van der Waals surface area contributed by atoms with Gasteiger partial charge in [0.05, 0.1) is 6.54 Å². The maximum Gasteiger partial charge on any atom is 0.252 e. The first-order valence-corrected chi connectivity index (χ1v) is 6.36. The average Bonchev–Trinajstić information content (AvgIpc) is 1.96. The molecule has 0 aromatic rings. The number of ether oxygens (including phenoxy) is 1. The van der Waals surface area contributed by atoms with Crippen LogP contribution in [0.2, 0.25) is 0 Å². The van der Waals surface area contributed by atoms with E-state index in [2.05, 4.69) is 4.74 Å². The third kappa shape index (κ3) is 2.00. The summed E-state index contributed by atoms with van der Waals surface area (Å²) in [5.74, 6) is 0.671. The van der Waals surface area contributed by atoms with E-state index in [1.807, 2.05) is 5.92 Å². The van der Waals surface area contributed by atoms with Crippen LogP contribution >= 0.6 is 0 Å². The lowest BCUT2D eigenvalue weighted by molar-refractivity contribution is 0.207. The van der Waals surface area contributed by atoms with Crippen LogP contribution in [-0.2, 0) is 24.8 Å². The summed E-state index contributed by atoms with van der Waals surface area (Å²) >= 11 is 0. The molecule has 0 atom stereocenters. The minimum atomic E-state index is -3.91. The highest BCUT2D eigenvalue weighted by Gasteiger charge is 2.38. The quantitative estimate of drug-likeness (QED) is 0.509.